The van der Waals surface area contributed by atoms with E-state index in [1.54, 1.807) is 0 Å². The Morgan fingerprint density at radius 1 is 1.30 bits per heavy atom. The third-order valence-electron chi connectivity index (χ3n) is 4.35. The summed E-state index contributed by atoms with van der Waals surface area (Å²) in [5.74, 6) is 0. The van der Waals surface area contributed by atoms with Crippen LogP contribution in [-0.4, -0.2) is 34.7 Å². The van der Waals surface area contributed by atoms with Gasteiger partial charge in [-0.2, -0.15) is 0 Å². The third-order valence-corrected chi connectivity index (χ3v) is 5.19. The summed E-state index contributed by atoms with van der Waals surface area (Å²) in [6.07, 6.45) is 1.04. The molecule has 0 radical (unpaired) electrons. The van der Waals surface area contributed by atoms with Crippen LogP contribution in [0.4, 0.5) is 0 Å². The summed E-state index contributed by atoms with van der Waals surface area (Å²) in [4.78, 5) is 2.32. The van der Waals surface area contributed by atoms with Gasteiger partial charge in [-0.1, -0.05) is 54.4 Å². The highest BCUT2D eigenvalue weighted by molar-refractivity contribution is 9.10. The first-order valence-electron chi connectivity index (χ1n) is 7.26. The Labute approximate surface area is 136 Å². The molecular weight excluding hydrogens is 338 g/mol. The Morgan fingerprint density at radius 3 is 2.35 bits per heavy atom. The molecule has 0 heterocycles. The molecule has 1 N–H and O–H groups in total. The lowest BCUT2D eigenvalue weighted by atomic mass is 9.85. The maximum atomic E-state index is 10.7. The molecule has 4 heteroatoms. The molecule has 0 saturated carbocycles. The van der Waals surface area contributed by atoms with Gasteiger partial charge in [-0.25, -0.2) is 0 Å². The van der Waals surface area contributed by atoms with Crippen LogP contribution < -0.4 is 0 Å². The number of hydrogen-bond donors (Lipinski definition) is 1. The van der Waals surface area contributed by atoms with Crippen molar-refractivity contribution in [2.45, 2.75) is 52.2 Å². The third kappa shape index (κ3) is 3.97. The lowest BCUT2D eigenvalue weighted by Gasteiger charge is -2.43. The number of halogens is 2. The highest BCUT2D eigenvalue weighted by atomic mass is 79.9. The highest BCUT2D eigenvalue weighted by Crippen LogP contribution is 2.29. The van der Waals surface area contributed by atoms with Crippen molar-refractivity contribution in [1.82, 2.24) is 4.90 Å². The van der Waals surface area contributed by atoms with Crippen LogP contribution in [0, 0.1) is 0 Å². The molecule has 2 nitrogen and oxygen atoms in total. The van der Waals surface area contributed by atoms with Gasteiger partial charge in [0.15, 0.2) is 0 Å². The molecular formula is C16H25BrClNO. The molecule has 0 aliphatic carbocycles. The van der Waals surface area contributed by atoms with E-state index >= 15 is 0 Å². The van der Waals surface area contributed by atoms with Crippen LogP contribution in [0.25, 0.3) is 0 Å². The van der Waals surface area contributed by atoms with E-state index in [1.165, 1.54) is 0 Å². The quantitative estimate of drug-likeness (QED) is 0.771. The van der Waals surface area contributed by atoms with Crippen molar-refractivity contribution in [3.63, 3.8) is 0 Å². The molecule has 0 amide bonds. The largest absolute Gasteiger partial charge is 0.391 e. The SMILES string of the molecule is CCN(CC)C(C)(CC)C(O)Cc1ccc(Br)cc1Cl. The predicted octanol–water partition coefficient (Wildman–Crippen LogP) is 4.52. The van der Waals surface area contributed by atoms with Crippen LogP contribution >= 0.6 is 27.5 Å². The van der Waals surface area contributed by atoms with Crippen LogP contribution in [-0.2, 0) is 6.42 Å². The van der Waals surface area contributed by atoms with Crippen LogP contribution in [0.2, 0.25) is 5.02 Å². The molecule has 1 rings (SSSR count). The van der Waals surface area contributed by atoms with Crippen molar-refractivity contribution >= 4 is 27.5 Å². The summed E-state index contributed by atoms with van der Waals surface area (Å²) in [5.41, 5.74) is 0.772. The first-order valence-corrected chi connectivity index (χ1v) is 8.43. The van der Waals surface area contributed by atoms with E-state index in [-0.39, 0.29) is 5.54 Å². The summed E-state index contributed by atoms with van der Waals surface area (Å²) in [5, 5.41) is 11.4. The standard InChI is InChI=1S/C16H25BrClNO/c1-5-16(4,19(6-2)7-3)15(20)10-12-8-9-13(17)11-14(12)18/h8-9,11,15,20H,5-7,10H2,1-4H3. The molecule has 0 aliphatic rings. The van der Waals surface area contributed by atoms with Crippen molar-refractivity contribution in [2.75, 3.05) is 13.1 Å². The lowest BCUT2D eigenvalue weighted by molar-refractivity contribution is -0.0190. The molecule has 2 unspecified atom stereocenters. The number of rotatable bonds is 7. The molecule has 114 valence electrons. The minimum atomic E-state index is -0.439. The van der Waals surface area contributed by atoms with Crippen molar-refractivity contribution < 1.29 is 5.11 Å². The van der Waals surface area contributed by atoms with Gasteiger partial charge in [-0.3, -0.25) is 4.90 Å². The minimum absolute atomic E-state index is 0.222. The monoisotopic (exact) mass is 361 g/mol. The van der Waals surface area contributed by atoms with Gasteiger partial charge in [0.2, 0.25) is 0 Å². The second-order valence-corrected chi connectivity index (χ2v) is 6.66. The van der Waals surface area contributed by atoms with E-state index in [0.717, 1.165) is 29.5 Å². The van der Waals surface area contributed by atoms with Crippen molar-refractivity contribution in [1.29, 1.82) is 0 Å². The van der Waals surface area contributed by atoms with Crippen molar-refractivity contribution in [2.24, 2.45) is 0 Å². The maximum Gasteiger partial charge on any atom is 0.0761 e. The molecule has 0 bridgehead atoms. The van der Waals surface area contributed by atoms with Gasteiger partial charge in [-0.15, -0.1) is 0 Å². The van der Waals surface area contributed by atoms with E-state index in [4.69, 9.17) is 11.6 Å². The predicted molar refractivity (Wildman–Crippen MR) is 90.5 cm³/mol. The van der Waals surface area contributed by atoms with Crippen LogP contribution in [0.3, 0.4) is 0 Å². The second kappa shape index (κ2) is 7.79. The molecule has 0 aromatic heterocycles. The molecule has 1 aromatic rings. The van der Waals surface area contributed by atoms with Gasteiger partial charge in [0, 0.05) is 21.5 Å². The number of aliphatic hydroxyl groups is 1. The van der Waals surface area contributed by atoms with E-state index in [9.17, 15) is 5.11 Å². The molecule has 2 atom stereocenters. The lowest BCUT2D eigenvalue weighted by Crippen LogP contribution is -2.54. The summed E-state index contributed by atoms with van der Waals surface area (Å²) in [6, 6.07) is 5.83. The fourth-order valence-corrected chi connectivity index (χ4v) is 3.48. The Morgan fingerprint density at radius 2 is 1.90 bits per heavy atom. The van der Waals surface area contributed by atoms with Gasteiger partial charge in [0.25, 0.3) is 0 Å². The average molecular weight is 363 g/mol. The van der Waals surface area contributed by atoms with E-state index in [1.807, 2.05) is 18.2 Å². The number of aliphatic hydroxyl groups excluding tert-OH is 1. The zero-order valence-corrected chi connectivity index (χ0v) is 15.1. The molecule has 0 aliphatic heterocycles. The van der Waals surface area contributed by atoms with Crippen LogP contribution in [0.5, 0.6) is 0 Å². The van der Waals surface area contributed by atoms with Crippen molar-refractivity contribution in [3.8, 4) is 0 Å². The van der Waals surface area contributed by atoms with Crippen molar-refractivity contribution in [3.05, 3.63) is 33.3 Å². The number of likely N-dealkylation sites (N-methyl/N-ethyl adjacent to an activating group) is 1. The number of nitrogens with zero attached hydrogens (tertiary/aromatic N) is 1. The van der Waals surface area contributed by atoms with Gasteiger partial charge in [-0.05, 0) is 44.1 Å². The molecule has 0 spiro atoms. The zero-order chi connectivity index (χ0) is 15.3. The average Bonchev–Trinajstić information content (AvgIpc) is 2.42. The Bertz CT molecular complexity index is 436. The zero-order valence-electron chi connectivity index (χ0n) is 12.8. The minimum Gasteiger partial charge on any atom is -0.391 e. The van der Waals surface area contributed by atoms with Gasteiger partial charge in [0.05, 0.1) is 6.10 Å². The second-order valence-electron chi connectivity index (χ2n) is 5.34. The maximum absolute atomic E-state index is 10.7. The van der Waals surface area contributed by atoms with Gasteiger partial charge >= 0.3 is 0 Å². The summed E-state index contributed by atoms with van der Waals surface area (Å²) in [7, 11) is 0. The molecule has 20 heavy (non-hydrogen) atoms. The molecule has 0 fully saturated rings. The first kappa shape index (κ1) is 18.0. The van der Waals surface area contributed by atoms with Crippen LogP contribution in [0.15, 0.2) is 22.7 Å². The topological polar surface area (TPSA) is 23.5 Å². The normalized spacial score (nSPS) is 16.2. The van der Waals surface area contributed by atoms with E-state index < -0.39 is 6.10 Å². The fraction of sp³-hybridized carbons (Fsp3) is 0.625. The Kier molecular flexibility index (Phi) is 6.99. The molecule has 1 aromatic carbocycles. The van der Waals surface area contributed by atoms with Crippen LogP contribution in [0.1, 0.15) is 39.7 Å². The number of hydrogen-bond acceptors (Lipinski definition) is 2. The van der Waals surface area contributed by atoms with Gasteiger partial charge < -0.3 is 5.11 Å². The number of benzene rings is 1. The summed E-state index contributed by atoms with van der Waals surface area (Å²) >= 11 is 9.67. The summed E-state index contributed by atoms with van der Waals surface area (Å²) in [6.45, 7) is 10.4. The summed E-state index contributed by atoms with van der Waals surface area (Å²) < 4.78 is 0.961. The smallest absolute Gasteiger partial charge is 0.0761 e. The first-order chi connectivity index (χ1) is 9.38. The highest BCUT2D eigenvalue weighted by Gasteiger charge is 2.36. The van der Waals surface area contributed by atoms with Gasteiger partial charge in [0.1, 0.15) is 0 Å². The molecule has 0 saturated heterocycles. The fourth-order valence-electron chi connectivity index (χ4n) is 2.73. The Hall–Kier alpha value is -0.0900. The Balaban J connectivity index is 2.94. The van der Waals surface area contributed by atoms with E-state index in [2.05, 4.69) is 48.5 Å². The van der Waals surface area contributed by atoms with E-state index in [0.29, 0.717) is 11.4 Å².